The molecule has 2 aromatic rings. The summed E-state index contributed by atoms with van der Waals surface area (Å²) in [6.45, 7) is 0. The number of oxime groups is 1. The maximum atomic E-state index is 12.0. The van der Waals surface area contributed by atoms with Crippen LogP contribution in [-0.4, -0.2) is 19.4 Å². The minimum atomic E-state index is -4.04. The molecule has 0 aromatic carbocycles. The molecule has 9 heteroatoms. The van der Waals surface area contributed by atoms with Crippen molar-refractivity contribution in [3.05, 3.63) is 39.9 Å². The fourth-order valence-corrected chi connectivity index (χ4v) is 3.82. The van der Waals surface area contributed by atoms with Gasteiger partial charge in [-0.15, -0.1) is 22.7 Å². The van der Waals surface area contributed by atoms with Crippen LogP contribution < -0.4 is 0 Å². The molecular formula is C11H6N2O4S3. The summed E-state index contributed by atoms with van der Waals surface area (Å²) in [5, 5.41) is 14.4. The standard InChI is InChI=1S/C11H6N2O4S3/c12-7-9(20(15,16)10-4-2-6-19-10)13-17-11(14)8-3-1-5-18-8/h1-6H/b13-9+. The second kappa shape index (κ2) is 5.96. The highest BCUT2D eigenvalue weighted by molar-refractivity contribution is 8.08. The monoisotopic (exact) mass is 326 g/mol. The second-order valence-electron chi connectivity index (χ2n) is 3.30. The summed E-state index contributed by atoms with van der Waals surface area (Å²) in [4.78, 5) is 16.3. The third-order valence-electron chi connectivity index (χ3n) is 2.04. The number of carbonyl (C=O) groups excluding carboxylic acids is 1. The first-order chi connectivity index (χ1) is 9.55. The van der Waals surface area contributed by atoms with E-state index in [2.05, 4.69) is 9.99 Å². The Morgan fingerprint density at radius 3 is 2.50 bits per heavy atom. The molecule has 0 atom stereocenters. The zero-order valence-corrected chi connectivity index (χ0v) is 12.2. The Kier molecular flexibility index (Phi) is 4.29. The molecule has 0 bridgehead atoms. The molecule has 0 fully saturated rings. The molecule has 20 heavy (non-hydrogen) atoms. The predicted octanol–water partition coefficient (Wildman–Crippen LogP) is 2.28. The number of thiophene rings is 2. The molecule has 0 N–H and O–H groups in total. The third-order valence-corrected chi connectivity index (χ3v) is 5.84. The van der Waals surface area contributed by atoms with Gasteiger partial charge < -0.3 is 4.84 Å². The molecule has 0 aliphatic carbocycles. The molecule has 2 aromatic heterocycles. The average Bonchev–Trinajstić information content (AvgIpc) is 3.12. The van der Waals surface area contributed by atoms with Crippen LogP contribution >= 0.6 is 22.7 Å². The van der Waals surface area contributed by atoms with E-state index in [1.165, 1.54) is 24.3 Å². The first-order valence-corrected chi connectivity index (χ1v) is 8.31. The van der Waals surface area contributed by atoms with Crippen LogP contribution in [0.4, 0.5) is 0 Å². The summed E-state index contributed by atoms with van der Waals surface area (Å²) in [6.07, 6.45) is 0. The lowest BCUT2D eigenvalue weighted by atomic mass is 10.5. The van der Waals surface area contributed by atoms with Crippen molar-refractivity contribution in [3.8, 4) is 6.07 Å². The molecule has 0 aliphatic heterocycles. The van der Waals surface area contributed by atoms with Crippen molar-refractivity contribution < 1.29 is 18.0 Å². The van der Waals surface area contributed by atoms with Gasteiger partial charge in [0.1, 0.15) is 15.2 Å². The summed E-state index contributed by atoms with van der Waals surface area (Å²) in [5.41, 5.74) is 0. The largest absolute Gasteiger partial charge is 0.375 e. The van der Waals surface area contributed by atoms with Crippen LogP contribution in [0.2, 0.25) is 0 Å². The highest BCUT2D eigenvalue weighted by Gasteiger charge is 2.25. The summed E-state index contributed by atoms with van der Waals surface area (Å²) in [7, 11) is -4.04. The van der Waals surface area contributed by atoms with E-state index in [9.17, 15) is 13.2 Å². The van der Waals surface area contributed by atoms with E-state index in [4.69, 9.17) is 5.26 Å². The first kappa shape index (κ1) is 14.4. The van der Waals surface area contributed by atoms with Gasteiger partial charge in [-0.1, -0.05) is 17.3 Å². The van der Waals surface area contributed by atoms with Crippen LogP contribution in [0.15, 0.2) is 44.4 Å². The lowest BCUT2D eigenvalue weighted by Crippen LogP contribution is -2.13. The van der Waals surface area contributed by atoms with Crippen molar-refractivity contribution >= 4 is 43.5 Å². The van der Waals surface area contributed by atoms with Gasteiger partial charge >= 0.3 is 5.97 Å². The van der Waals surface area contributed by atoms with Gasteiger partial charge in [0.25, 0.3) is 5.04 Å². The number of nitrogens with zero attached hydrogens (tertiary/aromatic N) is 2. The predicted molar refractivity (Wildman–Crippen MR) is 74.3 cm³/mol. The quantitative estimate of drug-likeness (QED) is 0.373. The molecule has 0 amide bonds. The smallest absolute Gasteiger partial charge is 0.310 e. The van der Waals surface area contributed by atoms with Crippen LogP contribution in [0.1, 0.15) is 9.67 Å². The van der Waals surface area contributed by atoms with E-state index in [1.807, 2.05) is 0 Å². The van der Waals surface area contributed by atoms with Crippen LogP contribution in [0, 0.1) is 11.3 Å². The van der Waals surface area contributed by atoms with E-state index >= 15 is 0 Å². The number of hydrogen-bond acceptors (Lipinski definition) is 8. The molecule has 102 valence electrons. The second-order valence-corrected chi connectivity index (χ2v) is 7.29. The summed E-state index contributed by atoms with van der Waals surface area (Å²) < 4.78 is 23.9. The van der Waals surface area contributed by atoms with Crippen molar-refractivity contribution in [1.82, 2.24) is 0 Å². The maximum absolute atomic E-state index is 12.0. The van der Waals surface area contributed by atoms with Gasteiger partial charge in [-0.3, -0.25) is 0 Å². The Morgan fingerprint density at radius 2 is 1.95 bits per heavy atom. The number of hydrogen-bond donors (Lipinski definition) is 0. The average molecular weight is 326 g/mol. The van der Waals surface area contributed by atoms with Crippen LogP contribution in [0.3, 0.4) is 0 Å². The van der Waals surface area contributed by atoms with E-state index < -0.39 is 20.9 Å². The van der Waals surface area contributed by atoms with E-state index in [0.717, 1.165) is 22.7 Å². The van der Waals surface area contributed by atoms with Gasteiger partial charge in [-0.25, -0.2) is 13.2 Å². The molecule has 0 saturated carbocycles. The van der Waals surface area contributed by atoms with Crippen LogP contribution in [0.5, 0.6) is 0 Å². The van der Waals surface area contributed by atoms with Gasteiger partial charge in [0.05, 0.1) is 0 Å². The number of rotatable bonds is 3. The van der Waals surface area contributed by atoms with Crippen molar-refractivity contribution in [1.29, 1.82) is 5.26 Å². The van der Waals surface area contributed by atoms with Crippen molar-refractivity contribution in [2.45, 2.75) is 4.21 Å². The van der Waals surface area contributed by atoms with Crippen molar-refractivity contribution in [2.24, 2.45) is 5.16 Å². The third kappa shape index (κ3) is 2.93. The van der Waals surface area contributed by atoms with Gasteiger partial charge in [-0.05, 0) is 22.9 Å². The topological polar surface area (TPSA) is 96.6 Å². The van der Waals surface area contributed by atoms with E-state index in [1.54, 1.807) is 16.8 Å². The minimum absolute atomic E-state index is 0.0371. The zero-order chi connectivity index (χ0) is 14.6. The normalized spacial score (nSPS) is 11.8. The lowest BCUT2D eigenvalue weighted by Gasteiger charge is -1.98. The van der Waals surface area contributed by atoms with Crippen LogP contribution in [-0.2, 0) is 14.7 Å². The number of carbonyl (C=O) groups is 1. The molecule has 2 rings (SSSR count). The van der Waals surface area contributed by atoms with E-state index in [-0.39, 0.29) is 9.09 Å². The number of sulfone groups is 1. The molecule has 0 radical (unpaired) electrons. The lowest BCUT2D eigenvalue weighted by molar-refractivity contribution is 0.0524. The molecule has 0 saturated heterocycles. The Bertz CT molecular complexity index is 768. The van der Waals surface area contributed by atoms with Gasteiger partial charge in [0.15, 0.2) is 0 Å². The highest BCUT2D eigenvalue weighted by Crippen LogP contribution is 2.19. The SMILES string of the molecule is N#C/C(=N\OC(=O)c1cccs1)S(=O)(=O)c1cccs1. The van der Waals surface area contributed by atoms with Gasteiger partial charge in [-0.2, -0.15) is 5.26 Å². The fourth-order valence-electron chi connectivity index (χ4n) is 1.16. The summed E-state index contributed by atoms with van der Waals surface area (Å²) in [5.74, 6) is -0.811. The Labute approximate surface area is 122 Å². The Hall–Kier alpha value is -2.02. The fraction of sp³-hybridized carbons (Fsp3) is 0. The molecule has 0 unspecified atom stereocenters. The minimum Gasteiger partial charge on any atom is -0.310 e. The number of nitriles is 1. The Morgan fingerprint density at radius 1 is 1.25 bits per heavy atom. The molecule has 0 spiro atoms. The highest BCUT2D eigenvalue weighted by atomic mass is 32.2. The van der Waals surface area contributed by atoms with Crippen molar-refractivity contribution in [3.63, 3.8) is 0 Å². The molecule has 0 aliphatic rings. The molecule has 6 nitrogen and oxygen atoms in total. The molecular weight excluding hydrogens is 320 g/mol. The molecule has 2 heterocycles. The summed E-state index contributed by atoms with van der Waals surface area (Å²) >= 11 is 2.07. The van der Waals surface area contributed by atoms with Gasteiger partial charge in [0.2, 0.25) is 9.84 Å². The first-order valence-electron chi connectivity index (χ1n) is 5.07. The van der Waals surface area contributed by atoms with Crippen molar-refractivity contribution in [2.75, 3.05) is 0 Å². The Balaban J connectivity index is 2.23. The van der Waals surface area contributed by atoms with Crippen LogP contribution in [0.25, 0.3) is 0 Å². The van der Waals surface area contributed by atoms with Gasteiger partial charge in [0, 0.05) is 0 Å². The van der Waals surface area contributed by atoms with E-state index in [0.29, 0.717) is 0 Å². The maximum Gasteiger partial charge on any atom is 0.375 e. The summed E-state index contributed by atoms with van der Waals surface area (Å²) in [6, 6.07) is 7.44. The zero-order valence-electron chi connectivity index (χ0n) is 9.72.